The van der Waals surface area contributed by atoms with E-state index >= 15 is 0 Å². The van der Waals surface area contributed by atoms with Gasteiger partial charge in [-0.3, -0.25) is 14.7 Å². The maximum absolute atomic E-state index is 12.8. The fourth-order valence-corrected chi connectivity index (χ4v) is 5.89. The van der Waals surface area contributed by atoms with Crippen LogP contribution in [0.5, 0.6) is 0 Å². The quantitative estimate of drug-likeness (QED) is 0.184. The van der Waals surface area contributed by atoms with Gasteiger partial charge in [-0.05, 0) is 48.4 Å². The molecule has 1 amide bonds. The van der Waals surface area contributed by atoms with Gasteiger partial charge in [-0.2, -0.15) is 0 Å². The Morgan fingerprint density at radius 3 is 2.24 bits per heavy atom. The van der Waals surface area contributed by atoms with Crippen LogP contribution in [0.4, 0.5) is 0 Å². The molecule has 1 aromatic heterocycles. The first-order valence-electron chi connectivity index (χ1n) is 15.7. The highest BCUT2D eigenvalue weighted by Gasteiger charge is 2.39. The zero-order valence-electron chi connectivity index (χ0n) is 26.4. The molecule has 1 fully saturated rings. The molecule has 5 unspecified atom stereocenters. The predicted molar refractivity (Wildman–Crippen MR) is 178 cm³/mol. The van der Waals surface area contributed by atoms with E-state index in [-0.39, 0.29) is 42.4 Å². The highest BCUT2D eigenvalue weighted by atomic mass is 16.7. The van der Waals surface area contributed by atoms with Gasteiger partial charge in [0, 0.05) is 30.6 Å². The number of fused-ring (bicyclic) bond motifs is 1. The second kappa shape index (κ2) is 14.3. The summed E-state index contributed by atoms with van der Waals surface area (Å²) in [6.45, 7) is 5.47. The number of benzene rings is 4. The number of nitrogens with one attached hydrogen (secondary N) is 1. The summed E-state index contributed by atoms with van der Waals surface area (Å²) in [5.74, 6) is -0.198. The SMILES string of the molecule is CC1C(CN(C)C(C)c2ccccc2)OC(c2ccc(CNC(=O)c3cnc4ccccc4n3)cc2)OC1c1ccc(CO)cc1. The van der Waals surface area contributed by atoms with Gasteiger partial charge in [0.2, 0.25) is 0 Å². The number of aromatic nitrogens is 2. The monoisotopic (exact) mass is 616 g/mol. The van der Waals surface area contributed by atoms with Gasteiger partial charge in [0.25, 0.3) is 5.91 Å². The van der Waals surface area contributed by atoms with E-state index in [1.54, 1.807) is 0 Å². The van der Waals surface area contributed by atoms with Gasteiger partial charge in [0.1, 0.15) is 5.69 Å². The second-order valence-corrected chi connectivity index (χ2v) is 12.0. The van der Waals surface area contributed by atoms with Crippen molar-refractivity contribution >= 4 is 16.9 Å². The normalized spacial score (nSPS) is 20.5. The molecule has 4 aromatic carbocycles. The first-order valence-corrected chi connectivity index (χ1v) is 15.7. The summed E-state index contributed by atoms with van der Waals surface area (Å²) >= 11 is 0. The maximum Gasteiger partial charge on any atom is 0.271 e. The van der Waals surface area contributed by atoms with Gasteiger partial charge < -0.3 is 19.9 Å². The lowest BCUT2D eigenvalue weighted by molar-refractivity contribution is -0.276. The number of carbonyl (C=O) groups is 1. The number of hydrogen-bond acceptors (Lipinski definition) is 7. The van der Waals surface area contributed by atoms with Gasteiger partial charge in [-0.25, -0.2) is 4.98 Å². The summed E-state index contributed by atoms with van der Waals surface area (Å²) in [5, 5.41) is 12.5. The Labute approximate surface area is 270 Å². The number of aliphatic hydroxyl groups is 1. The standard InChI is InChI=1S/C38H40N4O4/c1-25-35(23-42(3)26(2)29-9-5-4-6-10-29)45-38(46-36(25)30-17-15-28(24-43)16-18-30)31-19-13-27(14-20-31)21-40-37(44)34-22-39-32-11-7-8-12-33(32)41-34/h4-20,22,25-26,35-36,38,43H,21,23-24H2,1-3H3,(H,40,44). The fourth-order valence-electron chi connectivity index (χ4n) is 5.89. The van der Waals surface area contributed by atoms with E-state index in [0.29, 0.717) is 12.1 Å². The Hall–Kier alpha value is -4.47. The van der Waals surface area contributed by atoms with Crippen molar-refractivity contribution in [1.82, 2.24) is 20.2 Å². The molecule has 0 bridgehead atoms. The summed E-state index contributed by atoms with van der Waals surface area (Å²) in [6.07, 6.45) is 0.640. The third kappa shape index (κ3) is 7.16. The molecular formula is C38H40N4O4. The molecule has 0 aliphatic carbocycles. The Balaban J connectivity index is 1.16. The van der Waals surface area contributed by atoms with Gasteiger partial charge in [0.15, 0.2) is 6.29 Å². The number of ether oxygens (including phenoxy) is 2. The summed E-state index contributed by atoms with van der Waals surface area (Å²) in [5.41, 5.74) is 6.74. The molecule has 2 heterocycles. The molecule has 2 N–H and O–H groups in total. The minimum Gasteiger partial charge on any atom is -0.392 e. The van der Waals surface area contributed by atoms with Crippen molar-refractivity contribution in [2.24, 2.45) is 5.92 Å². The lowest BCUT2D eigenvalue weighted by Crippen LogP contribution is -2.44. The molecule has 6 rings (SSSR count). The van der Waals surface area contributed by atoms with Crippen LogP contribution in [0.15, 0.2) is 109 Å². The van der Waals surface area contributed by atoms with Gasteiger partial charge in [-0.1, -0.05) is 97.9 Å². The predicted octanol–water partition coefficient (Wildman–Crippen LogP) is 6.54. The van der Waals surface area contributed by atoms with E-state index in [2.05, 4.69) is 65.3 Å². The Morgan fingerprint density at radius 2 is 1.52 bits per heavy atom. The fraction of sp³-hybridized carbons (Fsp3) is 0.289. The summed E-state index contributed by atoms with van der Waals surface area (Å²) in [6, 6.07) is 34.1. The maximum atomic E-state index is 12.8. The van der Waals surface area contributed by atoms with E-state index < -0.39 is 6.29 Å². The molecule has 0 spiro atoms. The van der Waals surface area contributed by atoms with Crippen LogP contribution in [0.2, 0.25) is 0 Å². The zero-order valence-corrected chi connectivity index (χ0v) is 26.4. The van der Waals surface area contributed by atoms with Crippen molar-refractivity contribution in [3.8, 4) is 0 Å². The van der Waals surface area contributed by atoms with Crippen molar-refractivity contribution in [1.29, 1.82) is 0 Å². The van der Waals surface area contributed by atoms with Crippen LogP contribution in [0.1, 0.15) is 70.6 Å². The molecule has 0 saturated carbocycles. The third-order valence-corrected chi connectivity index (χ3v) is 8.92. The lowest BCUT2D eigenvalue weighted by Gasteiger charge is -2.43. The number of hydrogen-bond donors (Lipinski definition) is 2. The molecule has 8 nitrogen and oxygen atoms in total. The highest BCUT2D eigenvalue weighted by molar-refractivity contribution is 5.93. The number of likely N-dealkylation sites (N-methyl/N-ethyl adjacent to an activating group) is 1. The van der Waals surface area contributed by atoms with Crippen molar-refractivity contribution < 1.29 is 19.4 Å². The molecule has 1 aliphatic rings. The summed E-state index contributed by atoms with van der Waals surface area (Å²) < 4.78 is 13.3. The topological polar surface area (TPSA) is 96.8 Å². The smallest absolute Gasteiger partial charge is 0.271 e. The summed E-state index contributed by atoms with van der Waals surface area (Å²) in [7, 11) is 2.13. The number of rotatable bonds is 10. The number of aliphatic hydroxyl groups excluding tert-OH is 1. The van der Waals surface area contributed by atoms with E-state index in [4.69, 9.17) is 9.47 Å². The van der Waals surface area contributed by atoms with Gasteiger partial charge in [0.05, 0.1) is 36.0 Å². The van der Waals surface area contributed by atoms with E-state index in [1.165, 1.54) is 11.8 Å². The van der Waals surface area contributed by atoms with Crippen molar-refractivity contribution in [2.75, 3.05) is 13.6 Å². The Kier molecular flexibility index (Phi) is 9.80. The molecule has 1 saturated heterocycles. The average molecular weight is 617 g/mol. The van der Waals surface area contributed by atoms with Crippen LogP contribution in [0.25, 0.3) is 11.0 Å². The molecule has 8 heteroatoms. The van der Waals surface area contributed by atoms with Gasteiger partial charge >= 0.3 is 0 Å². The number of para-hydroxylation sites is 2. The minimum absolute atomic E-state index is 0.000346. The van der Waals surface area contributed by atoms with Gasteiger partial charge in [-0.15, -0.1) is 0 Å². The number of amides is 1. The first kappa shape index (κ1) is 31.5. The van der Waals surface area contributed by atoms with Crippen molar-refractivity contribution in [2.45, 2.75) is 51.5 Å². The molecular weight excluding hydrogens is 576 g/mol. The van der Waals surface area contributed by atoms with Crippen LogP contribution >= 0.6 is 0 Å². The Morgan fingerprint density at radius 1 is 0.870 bits per heavy atom. The first-order chi connectivity index (χ1) is 22.4. The van der Waals surface area contributed by atoms with Crippen molar-refractivity contribution in [3.63, 3.8) is 0 Å². The van der Waals surface area contributed by atoms with Crippen LogP contribution < -0.4 is 5.32 Å². The molecule has 46 heavy (non-hydrogen) atoms. The number of nitrogens with zero attached hydrogens (tertiary/aromatic N) is 3. The van der Waals surface area contributed by atoms with Crippen LogP contribution in [-0.2, 0) is 22.6 Å². The lowest BCUT2D eigenvalue weighted by atomic mass is 9.89. The van der Waals surface area contributed by atoms with Crippen LogP contribution in [-0.4, -0.2) is 45.6 Å². The Bertz CT molecular complexity index is 1750. The summed E-state index contributed by atoms with van der Waals surface area (Å²) in [4.78, 5) is 23.9. The average Bonchev–Trinajstić information content (AvgIpc) is 3.11. The highest BCUT2D eigenvalue weighted by Crippen LogP contribution is 2.42. The van der Waals surface area contributed by atoms with E-state index in [0.717, 1.165) is 34.3 Å². The molecule has 236 valence electrons. The molecule has 5 atom stereocenters. The van der Waals surface area contributed by atoms with Crippen LogP contribution in [0.3, 0.4) is 0 Å². The number of carbonyl (C=O) groups excluding carboxylic acids is 1. The third-order valence-electron chi connectivity index (χ3n) is 8.92. The zero-order chi connectivity index (χ0) is 32.0. The van der Waals surface area contributed by atoms with Crippen molar-refractivity contribution in [3.05, 3.63) is 143 Å². The largest absolute Gasteiger partial charge is 0.392 e. The molecule has 1 aliphatic heterocycles. The molecule has 5 aromatic rings. The second-order valence-electron chi connectivity index (χ2n) is 12.0. The van der Waals surface area contributed by atoms with E-state index in [1.807, 2.05) is 78.9 Å². The molecule has 0 radical (unpaired) electrons. The van der Waals surface area contributed by atoms with Crippen LogP contribution in [0, 0.1) is 5.92 Å². The van der Waals surface area contributed by atoms with E-state index in [9.17, 15) is 9.90 Å². The minimum atomic E-state index is -0.569.